The van der Waals surface area contributed by atoms with Crippen LogP contribution >= 0.6 is 0 Å². The number of nitrogens with one attached hydrogen (secondary N) is 6. The van der Waals surface area contributed by atoms with E-state index >= 15 is 0 Å². The fourth-order valence-corrected chi connectivity index (χ4v) is 9.38. The third-order valence-corrected chi connectivity index (χ3v) is 13.8. The number of aliphatic hydroxyl groups is 1. The summed E-state index contributed by atoms with van der Waals surface area (Å²) < 4.78 is 12.8. The van der Waals surface area contributed by atoms with E-state index in [1.54, 1.807) is 30.8 Å². The molecular formula is C49H86N10O14. The number of hydrogen-bond acceptors (Lipinski definition) is 15. The SMILES string of the molecule is CCC(C)C(C(CC(=O)N1CCCC1C(OC)C(C)C(=O)NC(C(=O)NC(CCC(=O)O)C(=O)NC(C)CNC(=O)C(CN)n1c(O)ccc1O)C(C)O)OC)N(C)C(=O)C(NC(=O)C(NC)C(C)C)C(C)C. The molecule has 1 aliphatic rings. The lowest BCUT2D eigenvalue weighted by Crippen LogP contribution is -2.60. The maximum atomic E-state index is 14.4. The fourth-order valence-electron chi connectivity index (χ4n) is 9.38. The molecule has 13 atom stereocenters. The number of aromatic hydroxyl groups is 2. The quantitative estimate of drug-likeness (QED) is 0.0448. The zero-order chi connectivity index (χ0) is 55.6. The number of carboxylic acids is 1. The van der Waals surface area contributed by atoms with Gasteiger partial charge in [0.25, 0.3) is 0 Å². The van der Waals surface area contributed by atoms with Crippen LogP contribution in [-0.2, 0) is 47.8 Å². The highest BCUT2D eigenvalue weighted by molar-refractivity contribution is 5.93. The minimum absolute atomic E-state index is 0.0327. The average Bonchev–Trinajstić information content (AvgIpc) is 3.95. The van der Waals surface area contributed by atoms with E-state index in [0.717, 1.165) is 4.57 Å². The van der Waals surface area contributed by atoms with Gasteiger partial charge in [0.05, 0.1) is 48.8 Å². The number of aromatic nitrogens is 1. The molecule has 1 aliphatic heterocycles. The van der Waals surface area contributed by atoms with Gasteiger partial charge >= 0.3 is 5.97 Å². The topological polar surface area (TPSA) is 346 Å². The molecular weight excluding hydrogens is 953 g/mol. The number of rotatable bonds is 31. The lowest BCUT2D eigenvalue weighted by Gasteiger charge is -2.41. The highest BCUT2D eigenvalue weighted by Gasteiger charge is 2.44. The Balaban J connectivity index is 2.25. The predicted molar refractivity (Wildman–Crippen MR) is 269 cm³/mol. The Morgan fingerprint density at radius 2 is 1.38 bits per heavy atom. The Bertz CT molecular complexity index is 1980. The molecule has 1 fully saturated rings. The average molecular weight is 1040 g/mol. The maximum absolute atomic E-state index is 14.4. The van der Waals surface area contributed by atoms with Crippen molar-refractivity contribution in [1.29, 1.82) is 0 Å². The normalized spacial score (nSPS) is 18.7. The van der Waals surface area contributed by atoms with Crippen molar-refractivity contribution in [3.8, 4) is 11.8 Å². The third kappa shape index (κ3) is 17.5. The molecule has 1 aromatic rings. The molecule has 0 saturated carbocycles. The van der Waals surface area contributed by atoms with Gasteiger partial charge in [0.1, 0.15) is 24.2 Å². The third-order valence-electron chi connectivity index (χ3n) is 13.8. The monoisotopic (exact) mass is 1040 g/mol. The van der Waals surface area contributed by atoms with Crippen molar-refractivity contribution in [1.82, 2.24) is 46.3 Å². The van der Waals surface area contributed by atoms with Gasteiger partial charge in [-0.3, -0.25) is 42.9 Å². The fraction of sp³-hybridized carbons (Fsp3) is 0.755. The summed E-state index contributed by atoms with van der Waals surface area (Å²) in [5.74, 6) is -7.71. The molecule has 416 valence electrons. The van der Waals surface area contributed by atoms with Crippen molar-refractivity contribution >= 4 is 47.3 Å². The highest BCUT2D eigenvalue weighted by atomic mass is 16.5. The predicted octanol–water partition coefficient (Wildman–Crippen LogP) is -0.460. The number of methoxy groups -OCH3 is 2. The molecule has 1 saturated heterocycles. The molecule has 0 aliphatic carbocycles. The Morgan fingerprint density at radius 3 is 1.88 bits per heavy atom. The first kappa shape index (κ1) is 63.6. The van der Waals surface area contributed by atoms with Crippen LogP contribution < -0.4 is 37.6 Å². The molecule has 0 aromatic carbocycles. The minimum Gasteiger partial charge on any atom is -0.494 e. The van der Waals surface area contributed by atoms with Crippen molar-refractivity contribution in [2.24, 2.45) is 29.4 Å². The number of likely N-dealkylation sites (tertiary alicyclic amines) is 1. The lowest BCUT2D eigenvalue weighted by atomic mass is 9.89. The van der Waals surface area contributed by atoms with Gasteiger partial charge in [-0.05, 0) is 57.9 Å². The van der Waals surface area contributed by atoms with Crippen LogP contribution in [0.3, 0.4) is 0 Å². The number of amides is 7. The summed E-state index contributed by atoms with van der Waals surface area (Å²) in [5.41, 5.74) is 5.73. The molecule has 2 rings (SSSR count). The smallest absolute Gasteiger partial charge is 0.303 e. The number of carboxylic acid groups (broad SMARTS) is 1. The van der Waals surface area contributed by atoms with Gasteiger partial charge in [-0.15, -0.1) is 0 Å². The summed E-state index contributed by atoms with van der Waals surface area (Å²) in [4.78, 5) is 111. The number of aliphatic hydroxyl groups excluding tert-OH is 1. The zero-order valence-corrected chi connectivity index (χ0v) is 45.0. The van der Waals surface area contributed by atoms with Gasteiger partial charge in [0, 0.05) is 65.5 Å². The van der Waals surface area contributed by atoms with Crippen LogP contribution in [0.1, 0.15) is 107 Å². The molecule has 0 spiro atoms. The first-order valence-corrected chi connectivity index (χ1v) is 25.2. The molecule has 24 nitrogen and oxygen atoms in total. The summed E-state index contributed by atoms with van der Waals surface area (Å²) in [6.45, 7) is 15.6. The number of nitrogens with two attached hydrogens (primary N) is 1. The highest BCUT2D eigenvalue weighted by Crippen LogP contribution is 2.30. The van der Waals surface area contributed by atoms with Gasteiger partial charge in [0.15, 0.2) is 11.8 Å². The first-order valence-electron chi connectivity index (χ1n) is 25.2. The van der Waals surface area contributed by atoms with E-state index < -0.39 is 120 Å². The van der Waals surface area contributed by atoms with Crippen molar-refractivity contribution in [2.45, 2.75) is 167 Å². The van der Waals surface area contributed by atoms with Gasteiger partial charge in [-0.2, -0.15) is 0 Å². The second-order valence-electron chi connectivity index (χ2n) is 19.9. The van der Waals surface area contributed by atoms with Crippen LogP contribution in [0.2, 0.25) is 0 Å². The van der Waals surface area contributed by atoms with E-state index in [4.69, 9.17) is 15.2 Å². The van der Waals surface area contributed by atoms with Gasteiger partial charge in [-0.1, -0.05) is 54.9 Å². The number of carbonyl (C=O) groups is 8. The summed E-state index contributed by atoms with van der Waals surface area (Å²) in [7, 11) is 6.21. The molecule has 7 amide bonds. The van der Waals surface area contributed by atoms with E-state index in [2.05, 4.69) is 31.9 Å². The van der Waals surface area contributed by atoms with Gasteiger partial charge in [-0.25, -0.2) is 0 Å². The molecule has 0 bridgehead atoms. The number of nitrogens with zero attached hydrogens (tertiary/aromatic N) is 3. The molecule has 24 heteroatoms. The van der Waals surface area contributed by atoms with Crippen molar-refractivity contribution < 1.29 is 68.3 Å². The number of hydrogen-bond donors (Lipinski definition) is 11. The second kappa shape index (κ2) is 30.0. The van der Waals surface area contributed by atoms with Crippen LogP contribution in [0.15, 0.2) is 12.1 Å². The largest absolute Gasteiger partial charge is 0.494 e. The molecule has 12 N–H and O–H groups in total. The van der Waals surface area contributed by atoms with Crippen LogP contribution in [-0.4, -0.2) is 191 Å². The van der Waals surface area contributed by atoms with Crippen LogP contribution in [0.25, 0.3) is 0 Å². The van der Waals surface area contributed by atoms with E-state index in [1.807, 2.05) is 41.5 Å². The van der Waals surface area contributed by atoms with E-state index in [0.29, 0.717) is 25.8 Å². The van der Waals surface area contributed by atoms with Crippen LogP contribution in [0.5, 0.6) is 11.8 Å². The Hall–Kier alpha value is -5.56. The number of aliphatic carboxylic acids is 1. The molecule has 13 unspecified atom stereocenters. The number of carbonyl (C=O) groups excluding carboxylic acids is 7. The summed E-state index contributed by atoms with van der Waals surface area (Å²) >= 11 is 0. The molecule has 0 radical (unpaired) electrons. The summed E-state index contributed by atoms with van der Waals surface area (Å²) in [5, 5.41) is 56.4. The van der Waals surface area contributed by atoms with Crippen LogP contribution in [0, 0.1) is 23.7 Å². The van der Waals surface area contributed by atoms with Crippen molar-refractivity contribution in [3.05, 3.63) is 12.1 Å². The Kier molecular flexibility index (Phi) is 26.1. The number of ether oxygens (including phenoxy) is 2. The minimum atomic E-state index is -1.64. The number of likely N-dealkylation sites (N-methyl/N-ethyl adjacent to an activating group) is 2. The first-order chi connectivity index (χ1) is 34.2. The van der Waals surface area contributed by atoms with E-state index in [9.17, 15) is 58.8 Å². The molecule has 2 heterocycles. The summed E-state index contributed by atoms with van der Waals surface area (Å²) in [6, 6.07) is -5.31. The molecule has 1 aromatic heterocycles. The van der Waals surface area contributed by atoms with Gasteiger partial charge < -0.3 is 77.3 Å². The lowest BCUT2D eigenvalue weighted by molar-refractivity contribution is -0.148. The standard InChI is InChI=1S/C49H86N10O14/c1-14-27(6)42(57(11)49(71)40(26(4)5)55-47(69)39(51-10)25(2)3)34(72-12)22-37(63)58-21-15-16-32(58)43(73-13)29(8)44(66)56-41(30(9)60)48(70)54-31(17-20-38(64)65)45(67)53-28(7)24-52-46(68)33(23-50)59-35(61)18-19-36(59)62/h18-19,25-34,39-43,51,60-62H,14-17,20-24,50H2,1-13H3,(H,52,68)(H,53,67)(H,54,70)(H,55,69)(H,56,66)(H,64,65). The zero-order valence-electron chi connectivity index (χ0n) is 45.0. The van der Waals surface area contributed by atoms with Crippen molar-refractivity contribution in [2.75, 3.05) is 47.9 Å². The summed E-state index contributed by atoms with van der Waals surface area (Å²) in [6.07, 6.45) is -2.56. The van der Waals surface area contributed by atoms with Crippen LogP contribution in [0.4, 0.5) is 0 Å². The van der Waals surface area contributed by atoms with Crippen molar-refractivity contribution in [3.63, 3.8) is 0 Å². The van der Waals surface area contributed by atoms with E-state index in [-0.39, 0.29) is 61.4 Å². The van der Waals surface area contributed by atoms with E-state index in [1.165, 1.54) is 40.2 Å². The second-order valence-corrected chi connectivity index (χ2v) is 19.9. The Morgan fingerprint density at radius 1 is 0.808 bits per heavy atom. The molecule has 73 heavy (non-hydrogen) atoms. The maximum Gasteiger partial charge on any atom is 0.303 e. The van der Waals surface area contributed by atoms with Gasteiger partial charge in [0.2, 0.25) is 41.4 Å². The Labute approximate surface area is 429 Å².